The summed E-state index contributed by atoms with van der Waals surface area (Å²) in [6, 6.07) is 14.4. The van der Waals surface area contributed by atoms with E-state index < -0.39 is 0 Å². The Hall–Kier alpha value is -1.87. The van der Waals surface area contributed by atoms with Crippen molar-refractivity contribution in [3.63, 3.8) is 0 Å². The molecule has 0 spiro atoms. The van der Waals surface area contributed by atoms with Crippen LogP contribution in [0.2, 0.25) is 0 Å². The maximum atomic E-state index is 6.31. The lowest BCUT2D eigenvalue weighted by atomic mass is 9.95. The van der Waals surface area contributed by atoms with Crippen LogP contribution in [0.5, 0.6) is 5.75 Å². The third-order valence-corrected chi connectivity index (χ3v) is 3.87. The van der Waals surface area contributed by atoms with Crippen molar-refractivity contribution in [1.29, 1.82) is 0 Å². The molecule has 20 heavy (non-hydrogen) atoms. The predicted molar refractivity (Wildman–Crippen MR) is 79.8 cm³/mol. The van der Waals surface area contributed by atoms with Gasteiger partial charge < -0.3 is 10.1 Å². The maximum absolute atomic E-state index is 6.31. The van der Waals surface area contributed by atoms with Gasteiger partial charge in [0, 0.05) is 18.7 Å². The highest BCUT2D eigenvalue weighted by atomic mass is 16.5. The van der Waals surface area contributed by atoms with Gasteiger partial charge in [-0.05, 0) is 37.6 Å². The fourth-order valence-electron chi connectivity index (χ4n) is 2.75. The minimum absolute atomic E-state index is 0.0918. The van der Waals surface area contributed by atoms with E-state index in [4.69, 9.17) is 4.74 Å². The summed E-state index contributed by atoms with van der Waals surface area (Å²) in [6.45, 7) is 4.08. The normalized spacial score (nSPS) is 19.8. The monoisotopic (exact) mass is 268 g/mol. The molecule has 3 rings (SSSR count). The van der Waals surface area contributed by atoms with Crippen LogP contribution in [0.3, 0.4) is 0 Å². The Labute approximate surface area is 120 Å². The van der Waals surface area contributed by atoms with Gasteiger partial charge >= 0.3 is 0 Å². The molecule has 1 aromatic heterocycles. The first-order valence-corrected chi connectivity index (χ1v) is 7.18. The van der Waals surface area contributed by atoms with E-state index >= 15 is 0 Å². The van der Waals surface area contributed by atoms with Crippen molar-refractivity contribution in [2.24, 2.45) is 5.92 Å². The molecule has 1 saturated heterocycles. The van der Waals surface area contributed by atoms with Crippen molar-refractivity contribution < 1.29 is 4.74 Å². The Morgan fingerprint density at radius 2 is 2.05 bits per heavy atom. The predicted octanol–water partition coefficient (Wildman–Crippen LogP) is 3.12. The average Bonchev–Trinajstić information content (AvgIpc) is 3.01. The van der Waals surface area contributed by atoms with Gasteiger partial charge in [-0.15, -0.1) is 0 Å². The number of aromatic nitrogens is 1. The highest BCUT2D eigenvalue weighted by molar-refractivity contribution is 5.28. The summed E-state index contributed by atoms with van der Waals surface area (Å²) in [7, 11) is 0. The molecule has 2 atom stereocenters. The maximum Gasteiger partial charge on any atom is 0.141 e. The number of ether oxygens (including phenoxy) is 1. The lowest BCUT2D eigenvalue weighted by Gasteiger charge is -2.25. The van der Waals surface area contributed by atoms with Gasteiger partial charge in [0.15, 0.2) is 0 Å². The second-order valence-electron chi connectivity index (χ2n) is 5.29. The van der Waals surface area contributed by atoms with Crippen molar-refractivity contribution >= 4 is 0 Å². The summed E-state index contributed by atoms with van der Waals surface area (Å²) >= 11 is 0. The van der Waals surface area contributed by atoms with Crippen LogP contribution in [0.15, 0.2) is 48.7 Å². The molecule has 1 aliphatic heterocycles. The molecular weight excluding hydrogens is 248 g/mol. The Morgan fingerprint density at radius 3 is 2.75 bits per heavy atom. The van der Waals surface area contributed by atoms with Crippen molar-refractivity contribution in [2.75, 3.05) is 13.1 Å². The van der Waals surface area contributed by atoms with Gasteiger partial charge in [0.05, 0.1) is 5.69 Å². The van der Waals surface area contributed by atoms with E-state index in [-0.39, 0.29) is 6.10 Å². The summed E-state index contributed by atoms with van der Waals surface area (Å²) < 4.78 is 6.31. The minimum Gasteiger partial charge on any atom is -0.483 e. The van der Waals surface area contributed by atoms with Gasteiger partial charge in [-0.25, -0.2) is 0 Å². The summed E-state index contributed by atoms with van der Waals surface area (Å²) in [5.74, 6) is 1.39. The molecule has 2 unspecified atom stereocenters. The number of hydrogen-bond donors (Lipinski definition) is 1. The zero-order valence-electron chi connectivity index (χ0n) is 11.8. The smallest absolute Gasteiger partial charge is 0.141 e. The Morgan fingerprint density at radius 1 is 1.20 bits per heavy atom. The first-order chi connectivity index (χ1) is 9.84. The second kappa shape index (κ2) is 6.06. The molecule has 1 aliphatic rings. The molecule has 3 nitrogen and oxygen atoms in total. The largest absolute Gasteiger partial charge is 0.483 e. The first-order valence-electron chi connectivity index (χ1n) is 7.18. The van der Waals surface area contributed by atoms with Crippen LogP contribution in [0.4, 0.5) is 0 Å². The first kappa shape index (κ1) is 13.1. The standard InChI is InChI=1S/C17H20N2O/c1-13-16(8-5-10-19-13)20-17(15-9-11-18-12-15)14-6-3-2-4-7-14/h2-8,10,15,17-18H,9,11-12H2,1H3. The topological polar surface area (TPSA) is 34.1 Å². The number of hydrogen-bond acceptors (Lipinski definition) is 3. The van der Waals surface area contributed by atoms with Gasteiger partial charge in [-0.3, -0.25) is 4.98 Å². The molecule has 0 bridgehead atoms. The molecule has 0 aliphatic carbocycles. The molecule has 104 valence electrons. The number of benzene rings is 1. The Bertz CT molecular complexity index is 550. The third kappa shape index (κ3) is 2.83. The summed E-state index contributed by atoms with van der Waals surface area (Å²) in [5, 5.41) is 3.43. The fraction of sp³-hybridized carbons (Fsp3) is 0.353. The van der Waals surface area contributed by atoms with Gasteiger partial charge in [0.25, 0.3) is 0 Å². The van der Waals surface area contributed by atoms with Crippen molar-refractivity contribution in [3.05, 3.63) is 59.9 Å². The van der Waals surface area contributed by atoms with Crippen molar-refractivity contribution in [3.8, 4) is 5.75 Å². The van der Waals surface area contributed by atoms with Crippen LogP contribution in [0.1, 0.15) is 23.8 Å². The van der Waals surface area contributed by atoms with Gasteiger partial charge in [-0.1, -0.05) is 30.3 Å². The average molecular weight is 268 g/mol. The lowest BCUT2D eigenvalue weighted by molar-refractivity contribution is 0.143. The Kier molecular flexibility index (Phi) is 3.97. The molecule has 1 aromatic carbocycles. The van der Waals surface area contributed by atoms with Crippen molar-refractivity contribution in [2.45, 2.75) is 19.4 Å². The summed E-state index contributed by atoms with van der Waals surface area (Å²) in [6.07, 6.45) is 3.05. The zero-order chi connectivity index (χ0) is 13.8. The lowest BCUT2D eigenvalue weighted by Crippen LogP contribution is -2.21. The van der Waals surface area contributed by atoms with Crippen LogP contribution in [-0.2, 0) is 0 Å². The quantitative estimate of drug-likeness (QED) is 0.925. The molecule has 1 fully saturated rings. The molecule has 0 radical (unpaired) electrons. The van der Waals surface area contributed by atoms with E-state index in [0.29, 0.717) is 5.92 Å². The Balaban J connectivity index is 1.88. The van der Waals surface area contributed by atoms with Crippen molar-refractivity contribution in [1.82, 2.24) is 10.3 Å². The fourth-order valence-corrected chi connectivity index (χ4v) is 2.75. The van der Waals surface area contributed by atoms with E-state index in [9.17, 15) is 0 Å². The highest BCUT2D eigenvalue weighted by Gasteiger charge is 2.28. The molecule has 2 aromatic rings. The van der Waals surface area contributed by atoms with E-state index in [2.05, 4.69) is 34.6 Å². The van der Waals surface area contributed by atoms with E-state index in [0.717, 1.165) is 31.0 Å². The van der Waals surface area contributed by atoms with E-state index in [1.165, 1.54) is 5.56 Å². The molecule has 2 heterocycles. The van der Waals surface area contributed by atoms with Crippen LogP contribution in [-0.4, -0.2) is 18.1 Å². The number of aryl methyl sites for hydroxylation is 1. The van der Waals surface area contributed by atoms with Gasteiger partial charge in [0.1, 0.15) is 11.9 Å². The molecule has 0 saturated carbocycles. The zero-order valence-corrected chi connectivity index (χ0v) is 11.8. The second-order valence-corrected chi connectivity index (χ2v) is 5.29. The molecule has 0 amide bonds. The third-order valence-electron chi connectivity index (χ3n) is 3.87. The number of pyridine rings is 1. The van der Waals surface area contributed by atoms with Crippen LogP contribution < -0.4 is 10.1 Å². The van der Waals surface area contributed by atoms with Gasteiger partial charge in [0.2, 0.25) is 0 Å². The molecule has 3 heteroatoms. The number of nitrogens with zero attached hydrogens (tertiary/aromatic N) is 1. The van der Waals surface area contributed by atoms with E-state index in [1.807, 2.05) is 25.1 Å². The molecular formula is C17H20N2O. The molecule has 1 N–H and O–H groups in total. The van der Waals surface area contributed by atoms with Crippen LogP contribution >= 0.6 is 0 Å². The highest BCUT2D eigenvalue weighted by Crippen LogP contribution is 2.32. The summed E-state index contributed by atoms with van der Waals surface area (Å²) in [5.41, 5.74) is 2.18. The van der Waals surface area contributed by atoms with Crippen LogP contribution in [0.25, 0.3) is 0 Å². The van der Waals surface area contributed by atoms with Gasteiger partial charge in [-0.2, -0.15) is 0 Å². The SMILES string of the molecule is Cc1ncccc1OC(c1ccccc1)C1CCNC1. The number of nitrogens with one attached hydrogen (secondary N) is 1. The number of rotatable bonds is 4. The van der Waals surface area contributed by atoms with E-state index in [1.54, 1.807) is 6.20 Å². The minimum atomic E-state index is 0.0918. The summed E-state index contributed by atoms with van der Waals surface area (Å²) in [4.78, 5) is 4.31. The van der Waals surface area contributed by atoms with Crippen LogP contribution in [0, 0.1) is 12.8 Å².